The molecule has 2 aromatic rings. The smallest absolute Gasteiger partial charge is 0.127 e. The standard InChI is InChI=1S/C9H9BrFN.C9H10FN/c10-7-4-8(11)6(3-9(7)12)5-1-2-5;10-9-4-3-7(11)5-8(9)6-1-2-6/h3-5H,1-2,12H2;3-6H,1-2,11H2. The molecule has 23 heavy (non-hydrogen) atoms. The predicted molar refractivity (Wildman–Crippen MR) is 93.3 cm³/mol. The molecule has 0 heterocycles. The molecule has 2 nitrogen and oxygen atoms in total. The van der Waals surface area contributed by atoms with E-state index in [1.54, 1.807) is 18.2 Å². The molecule has 0 atom stereocenters. The first kappa shape index (κ1) is 16.2. The Morgan fingerprint density at radius 2 is 1.39 bits per heavy atom. The zero-order valence-corrected chi connectivity index (χ0v) is 14.2. The first-order valence-corrected chi connectivity index (χ1v) is 8.54. The molecule has 2 aliphatic rings. The summed E-state index contributed by atoms with van der Waals surface area (Å²) >= 11 is 3.18. The number of rotatable bonds is 2. The van der Waals surface area contributed by atoms with Crippen molar-refractivity contribution in [2.45, 2.75) is 37.5 Å². The lowest BCUT2D eigenvalue weighted by Crippen LogP contribution is -1.93. The molecule has 0 aromatic heterocycles. The summed E-state index contributed by atoms with van der Waals surface area (Å²) in [5, 5.41) is 0. The van der Waals surface area contributed by atoms with Crippen molar-refractivity contribution >= 4 is 27.3 Å². The number of benzene rings is 2. The van der Waals surface area contributed by atoms with Crippen molar-refractivity contribution in [2.24, 2.45) is 0 Å². The van der Waals surface area contributed by atoms with Crippen molar-refractivity contribution in [1.82, 2.24) is 0 Å². The zero-order valence-electron chi connectivity index (χ0n) is 12.7. The molecule has 2 aromatic carbocycles. The van der Waals surface area contributed by atoms with Gasteiger partial charge in [-0.2, -0.15) is 0 Å². The van der Waals surface area contributed by atoms with E-state index in [1.807, 2.05) is 0 Å². The van der Waals surface area contributed by atoms with E-state index in [2.05, 4.69) is 15.9 Å². The average Bonchev–Trinajstić information content (AvgIpc) is 3.38. The number of nitrogens with two attached hydrogens (primary N) is 2. The largest absolute Gasteiger partial charge is 0.399 e. The van der Waals surface area contributed by atoms with Gasteiger partial charge in [0.2, 0.25) is 0 Å². The third-order valence-electron chi connectivity index (χ3n) is 4.17. The van der Waals surface area contributed by atoms with Crippen molar-refractivity contribution in [3.8, 4) is 0 Å². The second kappa shape index (κ2) is 6.48. The van der Waals surface area contributed by atoms with Gasteiger partial charge in [-0.1, -0.05) is 0 Å². The van der Waals surface area contributed by atoms with Crippen LogP contribution < -0.4 is 11.5 Å². The molecule has 2 fully saturated rings. The fourth-order valence-corrected chi connectivity index (χ4v) is 2.88. The average molecular weight is 381 g/mol. The second-order valence-electron chi connectivity index (χ2n) is 6.22. The normalized spacial score (nSPS) is 16.7. The van der Waals surface area contributed by atoms with Crippen LogP contribution in [0.15, 0.2) is 34.8 Å². The molecule has 2 aliphatic carbocycles. The molecule has 4 N–H and O–H groups in total. The fourth-order valence-electron chi connectivity index (χ4n) is 2.56. The molecule has 0 spiro atoms. The Bertz CT molecular complexity index is 725. The van der Waals surface area contributed by atoms with Crippen LogP contribution in [0.4, 0.5) is 20.2 Å². The number of anilines is 2. The van der Waals surface area contributed by atoms with Gasteiger partial charge >= 0.3 is 0 Å². The van der Waals surface area contributed by atoms with Crippen LogP contribution in [0, 0.1) is 11.6 Å². The van der Waals surface area contributed by atoms with E-state index in [0.717, 1.165) is 36.8 Å². The molecule has 2 saturated carbocycles. The van der Waals surface area contributed by atoms with Crippen molar-refractivity contribution in [1.29, 1.82) is 0 Å². The van der Waals surface area contributed by atoms with Gasteiger partial charge in [0.25, 0.3) is 0 Å². The van der Waals surface area contributed by atoms with Gasteiger partial charge in [-0.05, 0) is 94.9 Å². The quantitative estimate of drug-likeness (QED) is 0.691. The van der Waals surface area contributed by atoms with E-state index in [-0.39, 0.29) is 11.6 Å². The van der Waals surface area contributed by atoms with Crippen LogP contribution in [-0.4, -0.2) is 0 Å². The number of hydrogen-bond acceptors (Lipinski definition) is 2. The highest BCUT2D eigenvalue weighted by molar-refractivity contribution is 9.10. The highest BCUT2D eigenvalue weighted by Gasteiger charge is 2.27. The third-order valence-corrected chi connectivity index (χ3v) is 4.86. The summed E-state index contributed by atoms with van der Waals surface area (Å²) in [6, 6.07) is 7.97. The van der Waals surface area contributed by atoms with Crippen LogP contribution in [0.5, 0.6) is 0 Å². The minimum absolute atomic E-state index is 0.110. The first-order valence-electron chi connectivity index (χ1n) is 7.75. The molecule has 0 bridgehead atoms. The van der Waals surface area contributed by atoms with Crippen LogP contribution in [0.3, 0.4) is 0 Å². The molecule has 0 aliphatic heterocycles. The fraction of sp³-hybridized carbons (Fsp3) is 0.333. The summed E-state index contributed by atoms with van der Waals surface area (Å²) in [5.74, 6) is 0.610. The number of hydrogen-bond donors (Lipinski definition) is 2. The van der Waals surface area contributed by atoms with Crippen molar-refractivity contribution < 1.29 is 8.78 Å². The minimum Gasteiger partial charge on any atom is -0.399 e. The Kier molecular flexibility index (Phi) is 4.57. The van der Waals surface area contributed by atoms with Crippen LogP contribution in [0.2, 0.25) is 0 Å². The lowest BCUT2D eigenvalue weighted by molar-refractivity contribution is 0.610. The van der Waals surface area contributed by atoms with Crippen molar-refractivity contribution in [3.05, 3.63) is 57.6 Å². The third kappa shape index (κ3) is 4.02. The molecular weight excluding hydrogens is 362 g/mol. The van der Waals surface area contributed by atoms with Gasteiger partial charge in [-0.15, -0.1) is 0 Å². The van der Waals surface area contributed by atoms with Crippen molar-refractivity contribution in [2.75, 3.05) is 11.5 Å². The highest BCUT2D eigenvalue weighted by Crippen LogP contribution is 2.43. The van der Waals surface area contributed by atoms with Gasteiger partial charge in [0.15, 0.2) is 0 Å². The van der Waals surface area contributed by atoms with Gasteiger partial charge in [-0.3, -0.25) is 0 Å². The topological polar surface area (TPSA) is 52.0 Å². The van der Waals surface area contributed by atoms with E-state index in [9.17, 15) is 8.78 Å². The van der Waals surface area contributed by atoms with Gasteiger partial charge in [0.05, 0.1) is 0 Å². The maximum absolute atomic E-state index is 13.2. The zero-order chi connectivity index (χ0) is 16.6. The van der Waals surface area contributed by atoms with Gasteiger partial charge in [0, 0.05) is 15.8 Å². The second-order valence-corrected chi connectivity index (χ2v) is 7.08. The number of nitrogen functional groups attached to an aromatic ring is 2. The molecule has 0 saturated heterocycles. The summed E-state index contributed by atoms with van der Waals surface area (Å²) in [6.45, 7) is 0. The molecule has 122 valence electrons. The Labute approximate surface area is 143 Å². The van der Waals surface area contributed by atoms with E-state index < -0.39 is 0 Å². The Morgan fingerprint density at radius 1 is 0.826 bits per heavy atom. The number of halogens is 3. The minimum atomic E-state index is -0.140. The summed E-state index contributed by atoms with van der Waals surface area (Å²) in [4.78, 5) is 0. The maximum atomic E-state index is 13.2. The Hall–Kier alpha value is -1.62. The summed E-state index contributed by atoms with van der Waals surface area (Å²) < 4.78 is 26.9. The van der Waals surface area contributed by atoms with E-state index in [4.69, 9.17) is 11.5 Å². The first-order chi connectivity index (χ1) is 11.0. The molecule has 0 unspecified atom stereocenters. The molecule has 0 amide bonds. The van der Waals surface area contributed by atoms with Gasteiger partial charge in [0.1, 0.15) is 11.6 Å². The Balaban J connectivity index is 0.000000136. The lowest BCUT2D eigenvalue weighted by Gasteiger charge is -2.04. The lowest BCUT2D eigenvalue weighted by atomic mass is 10.1. The molecule has 5 heteroatoms. The van der Waals surface area contributed by atoms with E-state index in [1.165, 1.54) is 12.1 Å². The summed E-state index contributed by atoms with van der Waals surface area (Å²) in [6.07, 6.45) is 4.41. The van der Waals surface area contributed by atoms with Crippen LogP contribution in [0.1, 0.15) is 48.6 Å². The molecular formula is C18H19BrF2N2. The SMILES string of the molecule is Nc1cc(C2CC2)c(F)cc1Br.Nc1ccc(F)c(C2CC2)c1. The molecule has 4 rings (SSSR count). The van der Waals surface area contributed by atoms with Crippen LogP contribution >= 0.6 is 15.9 Å². The van der Waals surface area contributed by atoms with Crippen LogP contribution in [0.25, 0.3) is 0 Å². The van der Waals surface area contributed by atoms with E-state index >= 15 is 0 Å². The highest BCUT2D eigenvalue weighted by atomic mass is 79.9. The van der Waals surface area contributed by atoms with Crippen molar-refractivity contribution in [3.63, 3.8) is 0 Å². The maximum Gasteiger partial charge on any atom is 0.127 e. The molecule has 0 radical (unpaired) electrons. The van der Waals surface area contributed by atoms with Gasteiger partial charge in [-0.25, -0.2) is 8.78 Å². The summed E-state index contributed by atoms with van der Waals surface area (Å²) in [7, 11) is 0. The Morgan fingerprint density at radius 3 is 1.96 bits per heavy atom. The monoisotopic (exact) mass is 380 g/mol. The summed E-state index contributed by atoms with van der Waals surface area (Å²) in [5.41, 5.74) is 14.0. The van der Waals surface area contributed by atoms with Crippen LogP contribution in [-0.2, 0) is 0 Å². The predicted octanol–water partition coefficient (Wildman–Crippen LogP) is 5.33. The van der Waals surface area contributed by atoms with Gasteiger partial charge < -0.3 is 11.5 Å². The van der Waals surface area contributed by atoms with E-state index in [0.29, 0.717) is 27.7 Å².